The Labute approximate surface area is 101 Å². The summed E-state index contributed by atoms with van der Waals surface area (Å²) in [5, 5.41) is 10.4. The molecular formula is C15H14N2. The molecule has 0 saturated heterocycles. The lowest BCUT2D eigenvalue weighted by Gasteiger charge is -2.09. The summed E-state index contributed by atoms with van der Waals surface area (Å²) in [7, 11) is 0. The summed E-state index contributed by atoms with van der Waals surface area (Å²) in [6.07, 6.45) is 3.16. The van der Waals surface area contributed by atoms with Crippen LogP contribution in [0.1, 0.15) is 34.4 Å². The highest BCUT2D eigenvalue weighted by Crippen LogP contribution is 2.31. The minimum Gasteiger partial charge on any atom is -0.252 e. The van der Waals surface area contributed by atoms with Crippen molar-refractivity contribution in [3.8, 4) is 6.07 Å². The van der Waals surface area contributed by atoms with E-state index in [1.807, 2.05) is 0 Å². The van der Waals surface area contributed by atoms with Crippen molar-refractivity contribution >= 4 is 10.9 Å². The zero-order valence-corrected chi connectivity index (χ0v) is 10.2. The van der Waals surface area contributed by atoms with Gasteiger partial charge in [-0.1, -0.05) is 11.6 Å². The van der Waals surface area contributed by atoms with Crippen molar-refractivity contribution in [2.45, 2.75) is 33.1 Å². The molecule has 0 unspecified atom stereocenters. The van der Waals surface area contributed by atoms with Gasteiger partial charge in [-0.2, -0.15) is 5.26 Å². The molecule has 0 aliphatic heterocycles. The largest absolute Gasteiger partial charge is 0.252 e. The van der Waals surface area contributed by atoms with Crippen LogP contribution in [0.2, 0.25) is 0 Å². The first-order valence-electron chi connectivity index (χ1n) is 6.03. The molecule has 1 heterocycles. The van der Waals surface area contributed by atoms with Crippen LogP contribution in [-0.2, 0) is 12.8 Å². The van der Waals surface area contributed by atoms with Gasteiger partial charge in [0.05, 0.1) is 11.1 Å². The Balaban J connectivity index is 2.50. The molecule has 2 heteroatoms. The van der Waals surface area contributed by atoms with Gasteiger partial charge >= 0.3 is 0 Å². The Morgan fingerprint density at radius 1 is 1.24 bits per heavy atom. The average Bonchev–Trinajstić information content (AvgIpc) is 2.74. The van der Waals surface area contributed by atoms with Crippen LogP contribution >= 0.6 is 0 Å². The Morgan fingerprint density at radius 3 is 2.82 bits per heavy atom. The van der Waals surface area contributed by atoms with Crippen molar-refractivity contribution in [1.82, 2.24) is 4.98 Å². The summed E-state index contributed by atoms with van der Waals surface area (Å²) in [6.45, 7) is 4.14. The molecule has 0 fully saturated rings. The van der Waals surface area contributed by atoms with E-state index in [2.05, 4.69) is 32.0 Å². The zero-order valence-electron chi connectivity index (χ0n) is 10.2. The molecule has 0 N–H and O–H groups in total. The second-order valence-corrected chi connectivity index (χ2v) is 4.86. The van der Waals surface area contributed by atoms with Crippen LogP contribution in [0.3, 0.4) is 0 Å². The molecule has 1 aromatic carbocycles. The van der Waals surface area contributed by atoms with Crippen molar-refractivity contribution < 1.29 is 0 Å². The van der Waals surface area contributed by atoms with Crippen LogP contribution in [0.4, 0.5) is 0 Å². The molecule has 2 nitrogen and oxygen atoms in total. The number of hydrogen-bond donors (Lipinski definition) is 0. The number of nitriles is 1. The molecule has 2 aromatic rings. The van der Waals surface area contributed by atoms with Gasteiger partial charge in [-0.05, 0) is 50.3 Å². The van der Waals surface area contributed by atoms with Gasteiger partial charge in [-0.15, -0.1) is 0 Å². The third-order valence-corrected chi connectivity index (χ3v) is 3.56. The molecule has 0 atom stereocenters. The van der Waals surface area contributed by atoms with Crippen LogP contribution < -0.4 is 0 Å². The van der Waals surface area contributed by atoms with Crippen molar-refractivity contribution in [3.63, 3.8) is 0 Å². The number of fused-ring (bicyclic) bond motifs is 2. The van der Waals surface area contributed by atoms with Crippen LogP contribution in [-0.4, -0.2) is 4.98 Å². The fourth-order valence-electron chi connectivity index (χ4n) is 2.84. The summed E-state index contributed by atoms with van der Waals surface area (Å²) in [6, 6.07) is 6.61. The van der Waals surface area contributed by atoms with Crippen molar-refractivity contribution in [2.75, 3.05) is 0 Å². The van der Waals surface area contributed by atoms with E-state index in [1.54, 1.807) is 0 Å². The standard InChI is InChI=1S/C15H14N2/c1-9-6-10(2)15-12(7-9)13(8-16)11-4-3-5-14(11)17-15/h6-7H,3-5H2,1-2H3. The molecule has 1 aliphatic rings. The van der Waals surface area contributed by atoms with Crippen LogP contribution in [0.15, 0.2) is 12.1 Å². The Bertz CT molecular complexity index is 663. The number of rotatable bonds is 0. The fraction of sp³-hybridized carbons (Fsp3) is 0.333. The Kier molecular flexibility index (Phi) is 2.16. The molecule has 17 heavy (non-hydrogen) atoms. The van der Waals surface area contributed by atoms with Crippen LogP contribution in [0, 0.1) is 25.2 Å². The highest BCUT2D eigenvalue weighted by atomic mass is 14.7. The SMILES string of the molecule is Cc1cc(C)c2nc3c(c(C#N)c2c1)CCC3. The number of hydrogen-bond acceptors (Lipinski definition) is 2. The minimum atomic E-state index is 0.856. The molecule has 0 radical (unpaired) electrons. The number of aryl methyl sites for hydroxylation is 3. The highest BCUT2D eigenvalue weighted by Gasteiger charge is 2.20. The third-order valence-electron chi connectivity index (χ3n) is 3.56. The van der Waals surface area contributed by atoms with Crippen molar-refractivity contribution in [1.29, 1.82) is 5.26 Å². The molecule has 1 aliphatic carbocycles. The maximum Gasteiger partial charge on any atom is 0.100 e. The summed E-state index contributed by atoms with van der Waals surface area (Å²) in [5.41, 5.74) is 6.56. The molecule has 0 saturated carbocycles. The third kappa shape index (κ3) is 1.43. The summed E-state index contributed by atoms with van der Waals surface area (Å²) in [4.78, 5) is 4.75. The number of benzene rings is 1. The van der Waals surface area contributed by atoms with Crippen molar-refractivity contribution in [2.24, 2.45) is 0 Å². The number of pyridine rings is 1. The first-order valence-corrected chi connectivity index (χ1v) is 6.03. The summed E-state index contributed by atoms with van der Waals surface area (Å²) in [5.74, 6) is 0. The molecular weight excluding hydrogens is 208 g/mol. The normalized spacial score (nSPS) is 13.7. The zero-order chi connectivity index (χ0) is 12.0. The lowest BCUT2D eigenvalue weighted by molar-refractivity contribution is 0.900. The average molecular weight is 222 g/mol. The van der Waals surface area contributed by atoms with E-state index in [0.29, 0.717) is 0 Å². The molecule has 84 valence electrons. The van der Waals surface area contributed by atoms with Gasteiger partial charge in [-0.3, -0.25) is 4.98 Å². The van der Waals surface area contributed by atoms with E-state index in [-0.39, 0.29) is 0 Å². The van der Waals surface area contributed by atoms with Gasteiger partial charge in [0.15, 0.2) is 0 Å². The van der Waals surface area contributed by atoms with E-state index in [0.717, 1.165) is 41.4 Å². The van der Waals surface area contributed by atoms with Gasteiger partial charge in [0.25, 0.3) is 0 Å². The quantitative estimate of drug-likeness (QED) is 0.686. The maximum atomic E-state index is 9.40. The van der Waals surface area contributed by atoms with Gasteiger partial charge in [0.1, 0.15) is 6.07 Å². The van der Waals surface area contributed by atoms with Gasteiger partial charge in [-0.25, -0.2) is 0 Å². The van der Waals surface area contributed by atoms with E-state index in [1.165, 1.54) is 16.7 Å². The molecule has 0 amide bonds. The number of nitrogens with zero attached hydrogens (tertiary/aromatic N) is 2. The molecule has 1 aromatic heterocycles. The second kappa shape index (κ2) is 3.56. The van der Waals surface area contributed by atoms with E-state index < -0.39 is 0 Å². The maximum absolute atomic E-state index is 9.40. The first-order chi connectivity index (χ1) is 8.20. The first kappa shape index (κ1) is 10.3. The van der Waals surface area contributed by atoms with Gasteiger partial charge in [0.2, 0.25) is 0 Å². The topological polar surface area (TPSA) is 36.7 Å². The van der Waals surface area contributed by atoms with Crippen LogP contribution in [0.25, 0.3) is 10.9 Å². The summed E-state index contributed by atoms with van der Waals surface area (Å²) < 4.78 is 0. The molecule has 3 rings (SSSR count). The predicted molar refractivity (Wildman–Crippen MR) is 68.0 cm³/mol. The minimum absolute atomic E-state index is 0.856. The van der Waals surface area contributed by atoms with E-state index >= 15 is 0 Å². The number of aromatic nitrogens is 1. The van der Waals surface area contributed by atoms with Crippen LogP contribution in [0.5, 0.6) is 0 Å². The molecule has 0 bridgehead atoms. The Morgan fingerprint density at radius 2 is 2.06 bits per heavy atom. The second-order valence-electron chi connectivity index (χ2n) is 4.86. The lowest BCUT2D eigenvalue weighted by Crippen LogP contribution is -1.97. The van der Waals surface area contributed by atoms with Gasteiger partial charge in [0, 0.05) is 11.1 Å². The van der Waals surface area contributed by atoms with Gasteiger partial charge < -0.3 is 0 Å². The Hall–Kier alpha value is -1.88. The monoisotopic (exact) mass is 222 g/mol. The highest BCUT2D eigenvalue weighted by molar-refractivity contribution is 5.89. The fourth-order valence-corrected chi connectivity index (χ4v) is 2.84. The van der Waals surface area contributed by atoms with E-state index in [9.17, 15) is 5.26 Å². The molecule has 0 spiro atoms. The lowest BCUT2D eigenvalue weighted by atomic mass is 9.98. The summed E-state index contributed by atoms with van der Waals surface area (Å²) >= 11 is 0. The van der Waals surface area contributed by atoms with Crippen molar-refractivity contribution in [3.05, 3.63) is 40.1 Å². The van der Waals surface area contributed by atoms with E-state index in [4.69, 9.17) is 4.98 Å². The smallest absolute Gasteiger partial charge is 0.100 e. The predicted octanol–water partition coefficient (Wildman–Crippen LogP) is 3.21.